The maximum Gasteiger partial charge on any atom is 0.261 e. The number of carbonyl (C=O) groups is 1. The summed E-state index contributed by atoms with van der Waals surface area (Å²) >= 11 is 1.68. The third-order valence-electron chi connectivity index (χ3n) is 6.06. The molecule has 1 aliphatic rings. The van der Waals surface area contributed by atoms with Crippen LogP contribution in [-0.4, -0.2) is 31.9 Å². The van der Waals surface area contributed by atoms with Gasteiger partial charge < -0.3 is 4.90 Å². The van der Waals surface area contributed by atoms with Crippen molar-refractivity contribution in [3.63, 3.8) is 0 Å². The van der Waals surface area contributed by atoms with Crippen LogP contribution in [0.2, 0.25) is 0 Å². The second-order valence-electron chi connectivity index (χ2n) is 8.03. The Kier molecular flexibility index (Phi) is 5.28. The lowest BCUT2D eigenvalue weighted by Crippen LogP contribution is -2.38. The smallest absolute Gasteiger partial charge is 0.261 e. The van der Waals surface area contributed by atoms with E-state index >= 15 is 0 Å². The number of para-hydroxylation sites is 2. The Morgan fingerprint density at radius 2 is 1.84 bits per heavy atom. The van der Waals surface area contributed by atoms with Gasteiger partial charge in [0, 0.05) is 26.4 Å². The van der Waals surface area contributed by atoms with E-state index in [0.717, 1.165) is 41.0 Å². The Bertz CT molecular complexity index is 1290. The van der Waals surface area contributed by atoms with Crippen LogP contribution in [0.4, 0.5) is 0 Å². The van der Waals surface area contributed by atoms with Gasteiger partial charge in [0.1, 0.15) is 10.8 Å². The molecule has 0 bridgehead atoms. The lowest BCUT2D eigenvalue weighted by atomic mass is 10.0. The first-order chi connectivity index (χ1) is 15.1. The quantitative estimate of drug-likeness (QED) is 0.484. The molecule has 1 amide bonds. The molecule has 1 atom stereocenters. The fourth-order valence-electron chi connectivity index (χ4n) is 4.37. The highest BCUT2D eigenvalue weighted by Crippen LogP contribution is 2.36. The van der Waals surface area contributed by atoms with Crippen molar-refractivity contribution in [3.05, 3.63) is 69.7 Å². The Morgan fingerprint density at radius 1 is 1.06 bits per heavy atom. The first-order valence-corrected chi connectivity index (χ1v) is 11.5. The van der Waals surface area contributed by atoms with E-state index in [0.29, 0.717) is 29.6 Å². The van der Waals surface area contributed by atoms with Gasteiger partial charge in [-0.3, -0.25) is 14.2 Å². The molecule has 4 aromatic rings. The topological polar surface area (TPSA) is 68.1 Å². The molecular formula is C24H24N4O2S. The predicted molar refractivity (Wildman–Crippen MR) is 123 cm³/mol. The van der Waals surface area contributed by atoms with Gasteiger partial charge in [-0.1, -0.05) is 24.3 Å². The van der Waals surface area contributed by atoms with Crippen LogP contribution in [0.15, 0.2) is 53.3 Å². The minimum absolute atomic E-state index is 0.0343. The van der Waals surface area contributed by atoms with Gasteiger partial charge >= 0.3 is 0 Å². The summed E-state index contributed by atoms with van der Waals surface area (Å²) in [5, 5.41) is 1.62. The van der Waals surface area contributed by atoms with Crippen molar-refractivity contribution < 1.29 is 4.79 Å². The lowest BCUT2D eigenvalue weighted by Gasteiger charge is -2.34. The Labute approximate surface area is 184 Å². The molecule has 5 rings (SSSR count). The molecule has 2 aromatic carbocycles. The molecule has 158 valence electrons. The summed E-state index contributed by atoms with van der Waals surface area (Å²) in [5.74, 6) is 0.747. The van der Waals surface area contributed by atoms with Crippen LogP contribution in [0.25, 0.3) is 21.1 Å². The number of piperidine rings is 1. The minimum Gasteiger partial charge on any atom is -0.333 e. The van der Waals surface area contributed by atoms with E-state index < -0.39 is 0 Å². The highest BCUT2D eigenvalue weighted by Gasteiger charge is 2.30. The van der Waals surface area contributed by atoms with Gasteiger partial charge in [-0.15, -0.1) is 11.3 Å². The molecule has 1 fully saturated rings. The number of rotatable bonds is 4. The Morgan fingerprint density at radius 3 is 2.68 bits per heavy atom. The summed E-state index contributed by atoms with van der Waals surface area (Å²) < 4.78 is 2.72. The monoisotopic (exact) mass is 432 g/mol. The van der Waals surface area contributed by atoms with Gasteiger partial charge in [-0.25, -0.2) is 9.97 Å². The molecule has 7 heteroatoms. The van der Waals surface area contributed by atoms with Crippen molar-refractivity contribution >= 4 is 38.4 Å². The van der Waals surface area contributed by atoms with Crippen LogP contribution >= 0.6 is 11.3 Å². The number of aromatic nitrogens is 3. The first kappa shape index (κ1) is 19.9. The number of hydrogen-bond donors (Lipinski definition) is 0. The summed E-state index contributed by atoms with van der Waals surface area (Å²) in [5.41, 5.74) is 1.60. The maximum atomic E-state index is 13.2. The Balaban J connectivity index is 1.37. The van der Waals surface area contributed by atoms with Gasteiger partial charge in [0.05, 0.1) is 27.2 Å². The molecule has 2 aromatic heterocycles. The number of carbonyl (C=O) groups excluding carboxylic acids is 1. The molecule has 1 aliphatic heterocycles. The predicted octanol–water partition coefficient (Wildman–Crippen LogP) is 4.23. The molecule has 0 saturated carbocycles. The van der Waals surface area contributed by atoms with Gasteiger partial charge in [0.2, 0.25) is 5.91 Å². The van der Waals surface area contributed by atoms with Crippen molar-refractivity contribution in [2.75, 3.05) is 6.54 Å². The standard InChI is InChI=1S/C24H24N4O2S/c1-27-21(25-17-9-3-2-8-16(17)24(27)30)13-14-22(29)28-15-7-6-11-19(28)23-26-18-10-4-5-12-20(18)31-23/h2-5,8-10,12,19H,6-7,11,13-15H2,1H3. The largest absolute Gasteiger partial charge is 0.333 e. The summed E-state index contributed by atoms with van der Waals surface area (Å²) in [6.45, 7) is 0.753. The molecule has 0 spiro atoms. The molecule has 31 heavy (non-hydrogen) atoms. The van der Waals surface area contributed by atoms with Crippen molar-refractivity contribution in [3.8, 4) is 0 Å². The molecule has 0 radical (unpaired) electrons. The number of fused-ring (bicyclic) bond motifs is 2. The summed E-state index contributed by atoms with van der Waals surface area (Å²) in [6, 6.07) is 15.5. The van der Waals surface area contributed by atoms with Crippen LogP contribution in [0.5, 0.6) is 0 Å². The molecular weight excluding hydrogens is 408 g/mol. The summed E-state index contributed by atoms with van der Waals surface area (Å²) in [6.07, 6.45) is 3.84. The zero-order valence-corrected chi connectivity index (χ0v) is 18.3. The van der Waals surface area contributed by atoms with E-state index in [-0.39, 0.29) is 17.5 Å². The van der Waals surface area contributed by atoms with Crippen LogP contribution < -0.4 is 5.56 Å². The third-order valence-corrected chi connectivity index (χ3v) is 7.19. The van der Waals surface area contributed by atoms with Crippen LogP contribution in [0, 0.1) is 0 Å². The van der Waals surface area contributed by atoms with Gasteiger partial charge in [-0.2, -0.15) is 0 Å². The number of amides is 1. The maximum absolute atomic E-state index is 13.2. The SMILES string of the molecule is Cn1c(CCC(=O)N2CCCCC2c2nc3ccccc3s2)nc2ccccc2c1=O. The highest BCUT2D eigenvalue weighted by molar-refractivity contribution is 7.18. The van der Waals surface area contributed by atoms with Crippen molar-refractivity contribution in [1.29, 1.82) is 0 Å². The van der Waals surface area contributed by atoms with E-state index in [1.54, 1.807) is 29.0 Å². The van der Waals surface area contributed by atoms with Crippen LogP contribution in [0.1, 0.15) is 42.6 Å². The fourth-order valence-corrected chi connectivity index (χ4v) is 5.48. The van der Waals surface area contributed by atoms with Gasteiger partial charge in [0.15, 0.2) is 0 Å². The van der Waals surface area contributed by atoms with E-state index in [1.807, 2.05) is 41.3 Å². The van der Waals surface area contributed by atoms with Crippen LogP contribution in [-0.2, 0) is 18.3 Å². The van der Waals surface area contributed by atoms with E-state index in [2.05, 4.69) is 11.1 Å². The van der Waals surface area contributed by atoms with Gasteiger partial charge in [-0.05, 0) is 43.5 Å². The number of nitrogens with zero attached hydrogens (tertiary/aromatic N) is 4. The number of benzene rings is 2. The average Bonchev–Trinajstić information content (AvgIpc) is 3.24. The summed E-state index contributed by atoms with van der Waals surface area (Å²) in [4.78, 5) is 37.3. The molecule has 0 N–H and O–H groups in total. The minimum atomic E-state index is -0.0710. The van der Waals surface area contributed by atoms with E-state index in [4.69, 9.17) is 4.98 Å². The van der Waals surface area contributed by atoms with Crippen molar-refractivity contribution in [2.45, 2.75) is 38.1 Å². The highest BCUT2D eigenvalue weighted by atomic mass is 32.1. The van der Waals surface area contributed by atoms with Crippen molar-refractivity contribution in [1.82, 2.24) is 19.4 Å². The van der Waals surface area contributed by atoms with E-state index in [9.17, 15) is 9.59 Å². The average molecular weight is 433 g/mol. The third kappa shape index (κ3) is 3.74. The number of aryl methyl sites for hydroxylation is 1. The summed E-state index contributed by atoms with van der Waals surface area (Å²) in [7, 11) is 1.73. The fraction of sp³-hybridized carbons (Fsp3) is 0.333. The molecule has 1 unspecified atom stereocenters. The molecule has 3 heterocycles. The number of thiazole rings is 1. The lowest BCUT2D eigenvalue weighted by molar-refractivity contribution is -0.135. The van der Waals surface area contributed by atoms with Crippen molar-refractivity contribution in [2.24, 2.45) is 7.05 Å². The second-order valence-corrected chi connectivity index (χ2v) is 9.09. The van der Waals surface area contributed by atoms with E-state index in [1.165, 1.54) is 0 Å². The Hall–Kier alpha value is -3.06. The molecule has 6 nitrogen and oxygen atoms in total. The number of hydrogen-bond acceptors (Lipinski definition) is 5. The normalized spacial score (nSPS) is 16.8. The van der Waals surface area contributed by atoms with Crippen LogP contribution in [0.3, 0.4) is 0 Å². The first-order valence-electron chi connectivity index (χ1n) is 10.7. The number of likely N-dealkylation sites (tertiary alicyclic amines) is 1. The second kappa shape index (κ2) is 8.23. The molecule has 1 saturated heterocycles. The van der Waals surface area contributed by atoms with Gasteiger partial charge in [0.25, 0.3) is 5.56 Å². The zero-order chi connectivity index (χ0) is 21.4. The molecule has 0 aliphatic carbocycles. The zero-order valence-electron chi connectivity index (χ0n) is 17.5.